The first-order valence-electron chi connectivity index (χ1n) is 7.04. The third kappa shape index (κ3) is 2.76. The monoisotopic (exact) mass is 342 g/mol. The van der Waals surface area contributed by atoms with Crippen LogP contribution in [0.25, 0.3) is 4.96 Å². The minimum absolute atomic E-state index is 0.356. The number of nitrogens with zero attached hydrogens (tertiary/aromatic N) is 5. The molecule has 0 aliphatic carbocycles. The number of rotatable bonds is 4. The predicted octanol–water partition coefficient (Wildman–Crippen LogP) is 2.76. The fraction of sp³-hybridized carbons (Fsp3) is 0.0667. The van der Waals surface area contributed by atoms with E-state index >= 15 is 0 Å². The zero-order chi connectivity index (χ0) is 16.5. The minimum Gasteiger partial charge on any atom is -0.505 e. The first-order valence-corrected chi connectivity index (χ1v) is 7.86. The molecule has 0 spiro atoms. The summed E-state index contributed by atoms with van der Waals surface area (Å²) >= 11 is 1.35. The van der Waals surface area contributed by atoms with Crippen molar-refractivity contribution in [3.63, 3.8) is 0 Å². The van der Waals surface area contributed by atoms with Crippen molar-refractivity contribution < 1.29 is 9.50 Å². The van der Waals surface area contributed by atoms with Gasteiger partial charge in [-0.1, -0.05) is 17.4 Å². The number of nitrogens with one attached hydrogen (secondary N) is 1. The highest BCUT2D eigenvalue weighted by Gasteiger charge is 2.13. The highest BCUT2D eigenvalue weighted by molar-refractivity contribution is 7.20. The van der Waals surface area contributed by atoms with Gasteiger partial charge in [-0.25, -0.2) is 4.39 Å². The van der Waals surface area contributed by atoms with Gasteiger partial charge in [0.1, 0.15) is 0 Å². The molecule has 24 heavy (non-hydrogen) atoms. The van der Waals surface area contributed by atoms with Crippen LogP contribution >= 0.6 is 11.3 Å². The quantitative estimate of drug-likeness (QED) is 0.593. The third-order valence-corrected chi connectivity index (χ3v) is 4.16. The van der Waals surface area contributed by atoms with E-state index < -0.39 is 5.82 Å². The van der Waals surface area contributed by atoms with Crippen molar-refractivity contribution in [2.24, 2.45) is 0 Å². The molecule has 0 saturated heterocycles. The average molecular weight is 342 g/mol. The summed E-state index contributed by atoms with van der Waals surface area (Å²) in [4.78, 5) is 4.67. The van der Waals surface area contributed by atoms with Crippen LogP contribution in [-0.4, -0.2) is 29.9 Å². The zero-order valence-electron chi connectivity index (χ0n) is 12.2. The highest BCUT2D eigenvalue weighted by atomic mass is 32.1. The van der Waals surface area contributed by atoms with E-state index in [4.69, 9.17) is 0 Å². The first-order chi connectivity index (χ1) is 11.7. The number of anilines is 2. The molecule has 3 aromatic heterocycles. The molecule has 0 bridgehead atoms. The largest absolute Gasteiger partial charge is 0.505 e. The number of hydrogen-bond acceptors (Lipinski definition) is 7. The average Bonchev–Trinajstić information content (AvgIpc) is 3.13. The summed E-state index contributed by atoms with van der Waals surface area (Å²) in [5.74, 6) is -0.446. The minimum atomic E-state index is -0.662. The van der Waals surface area contributed by atoms with Gasteiger partial charge in [-0.05, 0) is 29.8 Å². The summed E-state index contributed by atoms with van der Waals surface area (Å²) in [7, 11) is 0. The second-order valence-corrected chi connectivity index (χ2v) is 6.00. The molecule has 120 valence electrons. The van der Waals surface area contributed by atoms with Crippen LogP contribution in [0, 0.1) is 5.82 Å². The van der Waals surface area contributed by atoms with E-state index in [1.54, 1.807) is 23.0 Å². The maximum Gasteiger partial charge on any atom is 0.236 e. The van der Waals surface area contributed by atoms with Crippen LogP contribution < -0.4 is 5.32 Å². The first kappa shape index (κ1) is 14.5. The molecule has 0 atom stereocenters. The maximum absolute atomic E-state index is 13.4. The summed E-state index contributed by atoms with van der Waals surface area (Å²) in [6.07, 6.45) is 3.75. The summed E-state index contributed by atoms with van der Waals surface area (Å²) in [6, 6.07) is 7.94. The van der Waals surface area contributed by atoms with Gasteiger partial charge in [-0.3, -0.25) is 4.98 Å². The van der Waals surface area contributed by atoms with E-state index in [0.717, 1.165) is 5.69 Å². The Kier molecular flexibility index (Phi) is 3.54. The van der Waals surface area contributed by atoms with Gasteiger partial charge >= 0.3 is 0 Å². The van der Waals surface area contributed by atoms with Gasteiger partial charge in [0.2, 0.25) is 10.1 Å². The lowest BCUT2D eigenvalue weighted by atomic mass is 10.1. The van der Waals surface area contributed by atoms with Crippen LogP contribution in [0.4, 0.5) is 15.2 Å². The molecule has 4 aromatic rings. The topological polar surface area (TPSA) is 88.2 Å². The van der Waals surface area contributed by atoms with Crippen LogP contribution in [-0.2, 0) is 6.42 Å². The molecule has 0 aliphatic heterocycles. The van der Waals surface area contributed by atoms with E-state index in [0.29, 0.717) is 27.9 Å². The highest BCUT2D eigenvalue weighted by Crippen LogP contribution is 2.24. The fourth-order valence-electron chi connectivity index (χ4n) is 2.22. The van der Waals surface area contributed by atoms with Gasteiger partial charge < -0.3 is 10.4 Å². The summed E-state index contributed by atoms with van der Waals surface area (Å²) in [5, 5.41) is 25.7. The maximum atomic E-state index is 13.4. The van der Waals surface area contributed by atoms with Crippen LogP contribution in [0.2, 0.25) is 0 Å². The molecule has 1 aromatic carbocycles. The van der Waals surface area contributed by atoms with Crippen LogP contribution in [0.15, 0.2) is 42.7 Å². The molecule has 0 saturated carbocycles. The van der Waals surface area contributed by atoms with Crippen molar-refractivity contribution in [3.8, 4) is 5.75 Å². The van der Waals surface area contributed by atoms with Gasteiger partial charge in [0.15, 0.2) is 17.4 Å². The Labute approximate surface area is 139 Å². The van der Waals surface area contributed by atoms with E-state index in [-0.39, 0.29) is 5.75 Å². The SMILES string of the molecule is Oc1ccc(Cc2nnc3sc(Nc4cccnc4)nn23)cc1F. The van der Waals surface area contributed by atoms with E-state index in [1.807, 2.05) is 12.1 Å². The van der Waals surface area contributed by atoms with Gasteiger partial charge in [0.25, 0.3) is 0 Å². The number of phenols is 1. The third-order valence-electron chi connectivity index (χ3n) is 3.34. The van der Waals surface area contributed by atoms with E-state index in [1.165, 1.54) is 23.5 Å². The van der Waals surface area contributed by atoms with Crippen molar-refractivity contribution in [1.29, 1.82) is 0 Å². The fourth-order valence-corrected chi connectivity index (χ4v) is 3.00. The molecular weight excluding hydrogens is 331 g/mol. The number of hydrogen-bond donors (Lipinski definition) is 2. The van der Waals surface area contributed by atoms with Gasteiger partial charge in [0, 0.05) is 12.6 Å². The second-order valence-electron chi connectivity index (χ2n) is 5.05. The molecule has 0 radical (unpaired) electrons. The molecule has 7 nitrogen and oxygen atoms in total. The molecule has 0 amide bonds. The van der Waals surface area contributed by atoms with Gasteiger partial charge in [-0.15, -0.1) is 15.3 Å². The molecule has 9 heteroatoms. The molecule has 3 heterocycles. The number of aromatic nitrogens is 5. The van der Waals surface area contributed by atoms with Crippen molar-refractivity contribution >= 4 is 27.1 Å². The molecule has 2 N–H and O–H groups in total. The lowest BCUT2D eigenvalue weighted by Gasteiger charge is -2.01. The Morgan fingerprint density at radius 1 is 1.25 bits per heavy atom. The van der Waals surface area contributed by atoms with Crippen molar-refractivity contribution in [3.05, 3.63) is 59.9 Å². The van der Waals surface area contributed by atoms with Crippen LogP contribution in [0.3, 0.4) is 0 Å². The Balaban J connectivity index is 1.61. The Hall–Kier alpha value is -3.07. The summed E-state index contributed by atoms with van der Waals surface area (Å²) in [5.41, 5.74) is 1.50. The van der Waals surface area contributed by atoms with Gasteiger partial charge in [0.05, 0.1) is 11.9 Å². The lowest BCUT2D eigenvalue weighted by molar-refractivity contribution is 0.432. The molecule has 0 unspecified atom stereocenters. The Bertz CT molecular complexity index is 1000. The van der Waals surface area contributed by atoms with Crippen LogP contribution in [0.5, 0.6) is 5.75 Å². The van der Waals surface area contributed by atoms with Crippen LogP contribution in [0.1, 0.15) is 11.4 Å². The number of phenolic OH excluding ortho intramolecular Hbond substituents is 1. The Morgan fingerprint density at radius 2 is 2.17 bits per heavy atom. The molecule has 4 rings (SSSR count). The smallest absolute Gasteiger partial charge is 0.236 e. The molecule has 0 fully saturated rings. The predicted molar refractivity (Wildman–Crippen MR) is 87.0 cm³/mol. The molecule has 0 aliphatic rings. The molecular formula is C15H11FN6OS. The van der Waals surface area contributed by atoms with Crippen molar-refractivity contribution in [2.75, 3.05) is 5.32 Å². The summed E-state index contributed by atoms with van der Waals surface area (Å²) < 4.78 is 15.1. The number of halogens is 1. The summed E-state index contributed by atoms with van der Waals surface area (Å²) in [6.45, 7) is 0. The Morgan fingerprint density at radius 3 is 2.96 bits per heavy atom. The van der Waals surface area contributed by atoms with Gasteiger partial charge in [-0.2, -0.15) is 4.52 Å². The number of benzene rings is 1. The number of fused-ring (bicyclic) bond motifs is 1. The van der Waals surface area contributed by atoms with Crippen molar-refractivity contribution in [2.45, 2.75) is 6.42 Å². The normalized spacial score (nSPS) is 11.0. The van der Waals surface area contributed by atoms with E-state index in [9.17, 15) is 9.50 Å². The second kappa shape index (κ2) is 5.85. The number of aromatic hydroxyl groups is 1. The van der Waals surface area contributed by atoms with E-state index in [2.05, 4.69) is 25.6 Å². The standard InChI is InChI=1S/C15H11FN6OS/c16-11-6-9(3-4-12(11)23)7-13-19-20-15-22(13)21-14(24-15)18-10-2-1-5-17-8-10/h1-6,8,23H,7H2,(H,18,21). The lowest BCUT2D eigenvalue weighted by Crippen LogP contribution is -1.99. The van der Waals surface area contributed by atoms with Crippen molar-refractivity contribution in [1.82, 2.24) is 24.8 Å². The zero-order valence-corrected chi connectivity index (χ0v) is 13.0. The number of pyridine rings is 1.